The summed E-state index contributed by atoms with van der Waals surface area (Å²) < 4.78 is 0. The van der Waals surface area contributed by atoms with Gasteiger partial charge in [0.1, 0.15) is 0 Å². The minimum absolute atomic E-state index is 0.459. The van der Waals surface area contributed by atoms with Crippen molar-refractivity contribution in [1.29, 1.82) is 0 Å². The number of aromatic nitrogens is 1. The van der Waals surface area contributed by atoms with Crippen molar-refractivity contribution >= 4 is 23.1 Å². The van der Waals surface area contributed by atoms with Crippen molar-refractivity contribution in [2.45, 2.75) is 32.7 Å². The maximum Gasteiger partial charge on any atom is 0.0897 e. The van der Waals surface area contributed by atoms with Gasteiger partial charge in [0, 0.05) is 17.1 Å². The number of thioether (sulfide) groups is 1. The van der Waals surface area contributed by atoms with Crippen LogP contribution >= 0.6 is 23.1 Å². The number of nitrogens with one attached hydrogen (secondary N) is 1. The lowest BCUT2D eigenvalue weighted by molar-refractivity contribution is 0.423. The van der Waals surface area contributed by atoms with Gasteiger partial charge in [-0.05, 0) is 50.7 Å². The van der Waals surface area contributed by atoms with Gasteiger partial charge in [-0.15, -0.1) is 11.3 Å². The smallest absolute Gasteiger partial charge is 0.0897 e. The van der Waals surface area contributed by atoms with Gasteiger partial charge in [0.15, 0.2) is 0 Å². The Morgan fingerprint density at radius 3 is 2.88 bits per heavy atom. The molecule has 1 aromatic heterocycles. The van der Waals surface area contributed by atoms with Crippen LogP contribution in [-0.4, -0.2) is 23.0 Å². The third-order valence-corrected chi connectivity index (χ3v) is 5.26. The maximum atomic E-state index is 4.31. The first-order valence-electron chi connectivity index (χ1n) is 5.99. The molecule has 0 aromatic carbocycles. The molecule has 0 radical (unpaired) electrons. The first-order chi connectivity index (χ1) is 7.75. The molecule has 0 spiro atoms. The summed E-state index contributed by atoms with van der Waals surface area (Å²) in [6.45, 7) is 5.47. The predicted molar refractivity (Wildman–Crippen MR) is 73.3 cm³/mol. The monoisotopic (exact) mass is 256 g/mol. The fourth-order valence-corrected chi connectivity index (χ4v) is 3.99. The summed E-state index contributed by atoms with van der Waals surface area (Å²) in [6, 6.07) is 0.459. The van der Waals surface area contributed by atoms with E-state index in [2.05, 4.69) is 35.9 Å². The van der Waals surface area contributed by atoms with Crippen molar-refractivity contribution in [3.8, 4) is 0 Å². The Kier molecular flexibility index (Phi) is 4.67. The molecule has 1 N–H and O–H groups in total. The van der Waals surface area contributed by atoms with E-state index in [1.807, 2.05) is 6.20 Å². The van der Waals surface area contributed by atoms with Gasteiger partial charge in [0.25, 0.3) is 0 Å². The molecule has 2 rings (SSSR count). The van der Waals surface area contributed by atoms with Gasteiger partial charge in [0.2, 0.25) is 0 Å². The predicted octanol–water partition coefficient (Wildman–Crippen LogP) is 3.25. The van der Waals surface area contributed by atoms with E-state index in [4.69, 9.17) is 0 Å². The molecule has 0 saturated carbocycles. The zero-order valence-corrected chi connectivity index (χ0v) is 11.7. The summed E-state index contributed by atoms with van der Waals surface area (Å²) >= 11 is 3.90. The molecule has 1 aromatic rings. The van der Waals surface area contributed by atoms with Crippen molar-refractivity contribution in [3.63, 3.8) is 0 Å². The molecule has 4 heteroatoms. The standard InChI is InChI=1S/C12H20N2S2/c1-9(12-8-14-10(2)16-12)13-7-11-3-5-15-6-4-11/h8-9,11,13H,3-7H2,1-2H3. The number of rotatable bonds is 4. The van der Waals surface area contributed by atoms with Crippen LogP contribution in [0.3, 0.4) is 0 Å². The molecule has 1 aliphatic rings. The molecule has 0 aliphatic carbocycles. The molecule has 2 heterocycles. The van der Waals surface area contributed by atoms with Crippen molar-refractivity contribution in [1.82, 2.24) is 10.3 Å². The topological polar surface area (TPSA) is 24.9 Å². The number of nitrogens with zero attached hydrogens (tertiary/aromatic N) is 1. The second-order valence-corrected chi connectivity index (χ2v) is 6.96. The molecule has 16 heavy (non-hydrogen) atoms. The van der Waals surface area contributed by atoms with Crippen LogP contribution in [0.25, 0.3) is 0 Å². The Balaban J connectivity index is 1.76. The zero-order chi connectivity index (χ0) is 11.4. The highest BCUT2D eigenvalue weighted by Crippen LogP contribution is 2.24. The molecule has 1 unspecified atom stereocenters. The SMILES string of the molecule is Cc1ncc(C(C)NCC2CCSCC2)s1. The van der Waals surface area contributed by atoms with Crippen LogP contribution in [0.5, 0.6) is 0 Å². The van der Waals surface area contributed by atoms with Gasteiger partial charge < -0.3 is 5.32 Å². The van der Waals surface area contributed by atoms with Crippen LogP contribution in [-0.2, 0) is 0 Å². The number of hydrogen-bond donors (Lipinski definition) is 1. The molecule has 1 aliphatic heterocycles. The molecule has 2 nitrogen and oxygen atoms in total. The number of thiazole rings is 1. The lowest BCUT2D eigenvalue weighted by Gasteiger charge is -2.23. The highest BCUT2D eigenvalue weighted by atomic mass is 32.2. The Hall–Kier alpha value is -0.0600. The first-order valence-corrected chi connectivity index (χ1v) is 7.96. The fraction of sp³-hybridized carbons (Fsp3) is 0.750. The van der Waals surface area contributed by atoms with Crippen LogP contribution in [0.1, 0.15) is 35.7 Å². The quantitative estimate of drug-likeness (QED) is 0.895. The van der Waals surface area contributed by atoms with Crippen LogP contribution in [0.2, 0.25) is 0 Å². The van der Waals surface area contributed by atoms with Gasteiger partial charge in [0.05, 0.1) is 5.01 Å². The van der Waals surface area contributed by atoms with Crippen molar-refractivity contribution in [2.75, 3.05) is 18.1 Å². The second-order valence-electron chi connectivity index (χ2n) is 4.47. The van der Waals surface area contributed by atoms with Gasteiger partial charge >= 0.3 is 0 Å². The molecule has 0 bridgehead atoms. The highest BCUT2D eigenvalue weighted by Gasteiger charge is 2.15. The summed E-state index contributed by atoms with van der Waals surface area (Å²) in [7, 11) is 0. The summed E-state index contributed by atoms with van der Waals surface area (Å²) in [5.74, 6) is 3.58. The van der Waals surface area contributed by atoms with E-state index >= 15 is 0 Å². The Morgan fingerprint density at radius 2 is 2.25 bits per heavy atom. The van der Waals surface area contributed by atoms with E-state index in [1.54, 1.807) is 11.3 Å². The summed E-state index contributed by atoms with van der Waals surface area (Å²) in [5.41, 5.74) is 0. The molecular weight excluding hydrogens is 236 g/mol. The van der Waals surface area contributed by atoms with Gasteiger partial charge in [-0.2, -0.15) is 11.8 Å². The largest absolute Gasteiger partial charge is 0.309 e. The normalized spacial score (nSPS) is 19.9. The summed E-state index contributed by atoms with van der Waals surface area (Å²) in [6.07, 6.45) is 4.77. The van der Waals surface area contributed by atoms with Crippen molar-refractivity contribution in [3.05, 3.63) is 16.1 Å². The number of aryl methyl sites for hydroxylation is 1. The lowest BCUT2D eigenvalue weighted by atomic mass is 10.0. The van der Waals surface area contributed by atoms with Gasteiger partial charge in [-0.25, -0.2) is 4.98 Å². The van der Waals surface area contributed by atoms with E-state index in [0.29, 0.717) is 6.04 Å². The van der Waals surface area contributed by atoms with E-state index in [0.717, 1.165) is 10.9 Å². The van der Waals surface area contributed by atoms with E-state index in [1.165, 1.54) is 35.8 Å². The van der Waals surface area contributed by atoms with Crippen LogP contribution < -0.4 is 5.32 Å². The fourth-order valence-electron chi connectivity index (χ4n) is 1.97. The minimum atomic E-state index is 0.459. The van der Waals surface area contributed by atoms with E-state index in [-0.39, 0.29) is 0 Å². The average Bonchev–Trinajstić information content (AvgIpc) is 2.74. The van der Waals surface area contributed by atoms with Crippen molar-refractivity contribution < 1.29 is 0 Å². The highest BCUT2D eigenvalue weighted by molar-refractivity contribution is 7.99. The summed E-state index contributed by atoms with van der Waals surface area (Å²) in [4.78, 5) is 5.67. The Labute approximate surface area is 106 Å². The second kappa shape index (κ2) is 6.03. The third kappa shape index (κ3) is 3.47. The number of hydrogen-bond acceptors (Lipinski definition) is 4. The Bertz CT molecular complexity index is 319. The first kappa shape index (κ1) is 12.4. The summed E-state index contributed by atoms with van der Waals surface area (Å²) in [5, 5.41) is 4.81. The van der Waals surface area contributed by atoms with Crippen LogP contribution in [0, 0.1) is 12.8 Å². The van der Waals surface area contributed by atoms with E-state index in [9.17, 15) is 0 Å². The molecule has 90 valence electrons. The van der Waals surface area contributed by atoms with Gasteiger partial charge in [-0.1, -0.05) is 0 Å². The molecule has 0 amide bonds. The van der Waals surface area contributed by atoms with Gasteiger partial charge in [-0.3, -0.25) is 0 Å². The zero-order valence-electron chi connectivity index (χ0n) is 10.0. The third-order valence-electron chi connectivity index (χ3n) is 3.12. The molecule has 1 atom stereocenters. The lowest BCUT2D eigenvalue weighted by Crippen LogP contribution is -2.27. The van der Waals surface area contributed by atoms with Crippen LogP contribution in [0.4, 0.5) is 0 Å². The van der Waals surface area contributed by atoms with Crippen LogP contribution in [0.15, 0.2) is 6.20 Å². The average molecular weight is 256 g/mol. The Morgan fingerprint density at radius 1 is 1.50 bits per heavy atom. The van der Waals surface area contributed by atoms with E-state index < -0.39 is 0 Å². The molecule has 1 fully saturated rings. The minimum Gasteiger partial charge on any atom is -0.309 e. The van der Waals surface area contributed by atoms with Crippen molar-refractivity contribution in [2.24, 2.45) is 5.92 Å². The molecular formula is C12H20N2S2. The maximum absolute atomic E-state index is 4.31. The molecule has 1 saturated heterocycles.